The van der Waals surface area contributed by atoms with Gasteiger partial charge in [-0.15, -0.1) is 0 Å². The molecule has 0 aliphatic carbocycles. The highest BCUT2D eigenvalue weighted by Crippen LogP contribution is 2.34. The van der Waals surface area contributed by atoms with E-state index in [1.54, 1.807) is 0 Å². The molecule has 0 fully saturated rings. The summed E-state index contributed by atoms with van der Waals surface area (Å²) in [6.07, 6.45) is -4.89. The van der Waals surface area contributed by atoms with Gasteiger partial charge in [-0.25, -0.2) is 9.59 Å². The van der Waals surface area contributed by atoms with Gasteiger partial charge < -0.3 is 25.4 Å². The lowest BCUT2D eigenvalue weighted by molar-refractivity contribution is -0.146. The van der Waals surface area contributed by atoms with E-state index in [1.807, 2.05) is 0 Å². The smallest absolute Gasteiger partial charge is 0.416 e. The molecule has 3 unspecified atom stereocenters. The minimum Gasteiger partial charge on any atom is -0.464 e. The molecule has 0 bridgehead atoms. The zero-order valence-corrected chi connectivity index (χ0v) is 25.9. The number of carbonyl (C=O) groups is 7. The summed E-state index contributed by atoms with van der Waals surface area (Å²) in [5, 5.41) is 5.37. The number of ether oxygens (including phenoxy) is 2. The molecule has 0 aliphatic heterocycles. The molecule has 0 saturated carbocycles. The first-order valence-corrected chi connectivity index (χ1v) is 15.0. The molecule has 12 nitrogen and oxygen atoms in total. The Kier molecular flexibility index (Phi) is 15.6. The Morgan fingerprint density at radius 2 is 1.35 bits per heavy atom. The number of benzene rings is 1. The number of nitrogens with one attached hydrogen (secondary N) is 3. The van der Waals surface area contributed by atoms with Crippen molar-refractivity contribution in [2.24, 2.45) is 0 Å². The van der Waals surface area contributed by atoms with Crippen molar-refractivity contribution >= 4 is 76.0 Å². The number of thiol groups is 1. The van der Waals surface area contributed by atoms with Crippen LogP contribution in [0.2, 0.25) is 0 Å². The average Bonchev–Trinajstić information content (AvgIpc) is 2.90. The Morgan fingerprint density at radius 3 is 1.84 bits per heavy atom. The molecule has 0 saturated heterocycles. The lowest BCUT2D eigenvalue weighted by Crippen LogP contribution is -2.45. The van der Waals surface area contributed by atoms with Gasteiger partial charge in [0.05, 0.1) is 17.7 Å². The Labute approximate surface area is 258 Å². The molecule has 0 aliphatic rings. The molecule has 43 heavy (non-hydrogen) atoms. The van der Waals surface area contributed by atoms with Crippen LogP contribution in [0.1, 0.15) is 43.6 Å². The number of amides is 3. The quantitative estimate of drug-likeness (QED) is 0.129. The van der Waals surface area contributed by atoms with Crippen molar-refractivity contribution in [2.75, 3.05) is 23.9 Å². The number of esters is 2. The molecule has 1 aromatic carbocycles. The molecule has 238 valence electrons. The third-order valence-corrected chi connectivity index (χ3v) is 7.38. The Morgan fingerprint density at radius 1 is 0.837 bits per heavy atom. The highest BCUT2D eigenvalue weighted by atomic mass is 32.2. The van der Waals surface area contributed by atoms with E-state index in [0.29, 0.717) is 35.7 Å². The lowest BCUT2D eigenvalue weighted by Gasteiger charge is -2.20. The van der Waals surface area contributed by atoms with Crippen LogP contribution in [0.4, 0.5) is 13.2 Å². The van der Waals surface area contributed by atoms with Crippen LogP contribution in [0, 0.1) is 0 Å². The number of hydrogen-bond acceptors (Lipinski definition) is 12. The minimum absolute atomic E-state index is 0.0194. The van der Waals surface area contributed by atoms with Gasteiger partial charge in [0.2, 0.25) is 28.0 Å². The van der Waals surface area contributed by atoms with Crippen molar-refractivity contribution in [3.05, 3.63) is 29.3 Å². The van der Waals surface area contributed by atoms with Crippen LogP contribution in [0.3, 0.4) is 0 Å². The van der Waals surface area contributed by atoms with Crippen LogP contribution >= 0.6 is 36.2 Å². The highest BCUT2D eigenvalue weighted by Gasteiger charge is 2.34. The zero-order valence-electron chi connectivity index (χ0n) is 23.4. The monoisotopic (exact) mass is 669 g/mol. The molecule has 0 heterocycles. The van der Waals surface area contributed by atoms with Crippen LogP contribution in [-0.4, -0.2) is 81.9 Å². The van der Waals surface area contributed by atoms with Gasteiger partial charge in [-0.3, -0.25) is 24.0 Å². The van der Waals surface area contributed by atoms with Crippen LogP contribution < -0.4 is 20.7 Å². The number of carbonyl (C=O) groups excluding carboxylic acids is 7. The topological polar surface area (TPSA) is 174 Å². The first kappa shape index (κ1) is 37.8. The summed E-state index contributed by atoms with van der Waals surface area (Å²) in [6, 6.07) is -2.07. The average molecular weight is 670 g/mol. The van der Waals surface area contributed by atoms with E-state index in [1.165, 1.54) is 13.8 Å². The number of thioether (sulfide) groups is 2. The predicted octanol–water partition coefficient (Wildman–Crippen LogP) is 1.75. The van der Waals surface area contributed by atoms with E-state index in [0.717, 1.165) is 19.9 Å². The molecule has 18 heteroatoms. The molecule has 1 aromatic rings. The summed E-state index contributed by atoms with van der Waals surface area (Å²) in [6.45, 7) is 4.85. The Bertz CT molecular complexity index is 1230. The summed E-state index contributed by atoms with van der Waals surface area (Å²) in [7, 11) is 0. The van der Waals surface area contributed by atoms with Gasteiger partial charge in [0.25, 0.3) is 0 Å². The van der Waals surface area contributed by atoms with Gasteiger partial charge in [-0.1, -0.05) is 23.5 Å². The SMILES string of the molecule is CCOC(=O)C(CSC(=O)c1ccc(C(F)(F)F)cc1OC(=O)C(CSC(=O)C(CS)NC(C)=O)NC(C)=O)NC(C)=O. The fraction of sp³-hybridized carbons (Fsp3) is 0.480. The number of rotatable bonds is 14. The second kappa shape index (κ2) is 17.8. The maximum atomic E-state index is 13.5. The van der Waals surface area contributed by atoms with Crippen molar-refractivity contribution in [1.29, 1.82) is 0 Å². The van der Waals surface area contributed by atoms with E-state index in [9.17, 15) is 46.7 Å². The molecule has 1 rings (SSSR count). The summed E-state index contributed by atoms with van der Waals surface area (Å²) < 4.78 is 50.4. The molecule has 3 amide bonds. The summed E-state index contributed by atoms with van der Waals surface area (Å²) >= 11 is 4.96. The molecule has 0 radical (unpaired) electrons. The first-order valence-electron chi connectivity index (χ1n) is 12.4. The predicted molar refractivity (Wildman–Crippen MR) is 155 cm³/mol. The van der Waals surface area contributed by atoms with Crippen LogP contribution in [0.25, 0.3) is 0 Å². The lowest BCUT2D eigenvalue weighted by atomic mass is 10.1. The summed E-state index contributed by atoms with van der Waals surface area (Å²) in [4.78, 5) is 85.1. The van der Waals surface area contributed by atoms with E-state index in [-0.39, 0.29) is 18.1 Å². The van der Waals surface area contributed by atoms with Crippen LogP contribution in [-0.2, 0) is 39.7 Å². The molecule has 0 spiro atoms. The number of halogens is 3. The van der Waals surface area contributed by atoms with Gasteiger partial charge >= 0.3 is 18.1 Å². The second-order valence-corrected chi connectivity index (χ2v) is 10.9. The van der Waals surface area contributed by atoms with Gasteiger partial charge in [0.15, 0.2) is 0 Å². The number of alkyl halides is 3. The second-order valence-electron chi connectivity index (χ2n) is 8.55. The molecular formula is C25H30F3N3O9S3. The van der Waals surface area contributed by atoms with Crippen LogP contribution in [0.5, 0.6) is 5.75 Å². The van der Waals surface area contributed by atoms with Crippen molar-refractivity contribution in [2.45, 2.75) is 52.0 Å². The van der Waals surface area contributed by atoms with Crippen molar-refractivity contribution < 1.29 is 56.2 Å². The van der Waals surface area contributed by atoms with Gasteiger partial charge in [-0.2, -0.15) is 25.8 Å². The van der Waals surface area contributed by atoms with Gasteiger partial charge in [-0.05, 0) is 25.1 Å². The molecule has 3 atom stereocenters. The fourth-order valence-electron chi connectivity index (χ4n) is 3.13. The third kappa shape index (κ3) is 13.3. The van der Waals surface area contributed by atoms with Gasteiger partial charge in [0.1, 0.15) is 23.9 Å². The minimum atomic E-state index is -4.89. The molecular weight excluding hydrogens is 639 g/mol. The van der Waals surface area contributed by atoms with Crippen LogP contribution in [0.15, 0.2) is 18.2 Å². The normalized spacial score (nSPS) is 13.1. The van der Waals surface area contributed by atoms with E-state index in [2.05, 4.69) is 28.6 Å². The Hall–Kier alpha value is -3.25. The largest absolute Gasteiger partial charge is 0.464 e. The van der Waals surface area contributed by atoms with E-state index in [4.69, 9.17) is 9.47 Å². The maximum Gasteiger partial charge on any atom is 0.416 e. The fourth-order valence-corrected chi connectivity index (χ4v) is 5.27. The van der Waals surface area contributed by atoms with E-state index >= 15 is 0 Å². The third-order valence-electron chi connectivity index (χ3n) is 4.97. The molecule has 0 aromatic heterocycles. The summed E-state index contributed by atoms with van der Waals surface area (Å²) in [5.41, 5.74) is -1.74. The van der Waals surface area contributed by atoms with Crippen molar-refractivity contribution in [3.63, 3.8) is 0 Å². The zero-order chi connectivity index (χ0) is 32.9. The standard InChI is InChI=1S/C25H30F3N3O9S3/c1-5-39-21(35)18(30-13(3)33)10-42-23(37)16-7-6-15(25(26,27)28)8-20(16)40-22(36)19(31-14(4)34)11-43-24(38)17(9-41)29-12(2)32/h6-8,17-19,41H,5,9-11H2,1-4H3,(H,29,32)(H,30,33)(H,31,34). The maximum absolute atomic E-state index is 13.5. The summed E-state index contributed by atoms with van der Waals surface area (Å²) in [5.74, 6) is -5.67. The Balaban J connectivity index is 3.28. The molecule has 3 N–H and O–H groups in total. The van der Waals surface area contributed by atoms with Crippen molar-refractivity contribution in [1.82, 2.24) is 16.0 Å². The van der Waals surface area contributed by atoms with E-state index < -0.39 is 86.8 Å². The number of hydrogen-bond donors (Lipinski definition) is 4. The highest BCUT2D eigenvalue weighted by molar-refractivity contribution is 8.14. The van der Waals surface area contributed by atoms with Gasteiger partial charge in [0, 0.05) is 38.0 Å². The van der Waals surface area contributed by atoms with Crippen molar-refractivity contribution in [3.8, 4) is 5.75 Å². The first-order chi connectivity index (χ1) is 20.0.